The summed E-state index contributed by atoms with van der Waals surface area (Å²) >= 11 is 5.84. The number of hydrogen-bond acceptors (Lipinski definition) is 3. The molecular formula is C12H9ClN2O. The minimum absolute atomic E-state index is 0.0598. The third-order valence-electron chi connectivity index (χ3n) is 2.10. The molecule has 0 spiro atoms. The molecule has 1 aromatic heterocycles. The Balaban J connectivity index is 2.14. The van der Waals surface area contributed by atoms with Gasteiger partial charge in [0.2, 0.25) is 0 Å². The zero-order chi connectivity index (χ0) is 11.4. The number of carbonyl (C=O) groups excluding carboxylic acids is 1. The molecule has 0 N–H and O–H groups in total. The molecule has 0 fully saturated rings. The van der Waals surface area contributed by atoms with Crippen LogP contribution < -0.4 is 0 Å². The van der Waals surface area contributed by atoms with E-state index in [0.29, 0.717) is 17.1 Å². The van der Waals surface area contributed by atoms with Crippen LogP contribution >= 0.6 is 11.6 Å². The first-order valence-corrected chi connectivity index (χ1v) is 5.17. The minimum atomic E-state index is -0.0598. The molecule has 16 heavy (non-hydrogen) atoms. The number of aromatic nitrogens is 2. The Bertz CT molecular complexity index is 499. The summed E-state index contributed by atoms with van der Waals surface area (Å²) in [4.78, 5) is 19.6. The Morgan fingerprint density at radius 1 is 1.31 bits per heavy atom. The van der Waals surface area contributed by atoms with E-state index < -0.39 is 0 Å². The van der Waals surface area contributed by atoms with Gasteiger partial charge in [0.1, 0.15) is 5.69 Å². The van der Waals surface area contributed by atoms with Crippen molar-refractivity contribution >= 4 is 17.4 Å². The van der Waals surface area contributed by atoms with E-state index in [9.17, 15) is 4.79 Å². The number of rotatable bonds is 3. The van der Waals surface area contributed by atoms with Gasteiger partial charge in [0.05, 0.1) is 6.20 Å². The summed E-state index contributed by atoms with van der Waals surface area (Å²) in [5, 5.41) is 0.629. The van der Waals surface area contributed by atoms with Gasteiger partial charge >= 0.3 is 0 Å². The molecule has 0 bridgehead atoms. The molecule has 3 nitrogen and oxygen atoms in total. The van der Waals surface area contributed by atoms with E-state index in [1.807, 2.05) is 12.1 Å². The third-order valence-corrected chi connectivity index (χ3v) is 2.34. The fraction of sp³-hybridized carbons (Fsp3) is 0.0833. The standard InChI is InChI=1S/C12H9ClN2O/c13-10-3-1-2-9(6-10)7-12(16)11-8-14-4-5-15-11/h1-6,8H,7H2. The van der Waals surface area contributed by atoms with Crippen LogP contribution in [-0.4, -0.2) is 15.8 Å². The van der Waals surface area contributed by atoms with Crippen LogP contribution in [0.2, 0.25) is 5.02 Å². The van der Waals surface area contributed by atoms with Crippen LogP contribution in [0.15, 0.2) is 42.9 Å². The number of Topliss-reactive ketones (excluding diaryl/α,β-unsaturated/α-hetero) is 1. The summed E-state index contributed by atoms with van der Waals surface area (Å²) in [7, 11) is 0. The fourth-order valence-corrected chi connectivity index (χ4v) is 1.58. The molecule has 80 valence electrons. The van der Waals surface area contributed by atoms with Gasteiger partial charge in [-0.25, -0.2) is 4.98 Å². The lowest BCUT2D eigenvalue weighted by Gasteiger charge is -2.00. The summed E-state index contributed by atoms with van der Waals surface area (Å²) in [5.41, 5.74) is 1.26. The van der Waals surface area contributed by atoms with Crippen molar-refractivity contribution in [3.8, 4) is 0 Å². The highest BCUT2D eigenvalue weighted by Gasteiger charge is 2.08. The molecule has 2 aromatic rings. The van der Waals surface area contributed by atoms with Crippen molar-refractivity contribution < 1.29 is 4.79 Å². The van der Waals surface area contributed by atoms with Crippen LogP contribution in [0.25, 0.3) is 0 Å². The van der Waals surface area contributed by atoms with Gasteiger partial charge in [-0.05, 0) is 17.7 Å². The molecule has 1 heterocycles. The normalized spacial score (nSPS) is 10.1. The maximum absolute atomic E-state index is 11.8. The third kappa shape index (κ3) is 2.64. The lowest BCUT2D eigenvalue weighted by Crippen LogP contribution is -2.06. The van der Waals surface area contributed by atoms with Gasteiger partial charge in [-0.2, -0.15) is 0 Å². The molecule has 0 amide bonds. The summed E-state index contributed by atoms with van der Waals surface area (Å²) in [6.07, 6.45) is 4.80. The van der Waals surface area contributed by atoms with E-state index in [1.54, 1.807) is 12.1 Å². The molecule has 0 aliphatic carbocycles. The van der Waals surface area contributed by atoms with E-state index in [2.05, 4.69) is 9.97 Å². The second-order valence-corrected chi connectivity index (χ2v) is 3.76. The first-order chi connectivity index (χ1) is 7.75. The zero-order valence-corrected chi connectivity index (χ0v) is 9.19. The summed E-state index contributed by atoms with van der Waals surface area (Å²) in [6, 6.07) is 7.23. The molecule has 4 heteroatoms. The van der Waals surface area contributed by atoms with Crippen LogP contribution in [0, 0.1) is 0 Å². The van der Waals surface area contributed by atoms with E-state index in [1.165, 1.54) is 18.6 Å². The molecule has 0 aliphatic rings. The highest BCUT2D eigenvalue weighted by Crippen LogP contribution is 2.12. The maximum Gasteiger partial charge on any atom is 0.187 e. The minimum Gasteiger partial charge on any atom is -0.292 e. The zero-order valence-electron chi connectivity index (χ0n) is 8.43. The largest absolute Gasteiger partial charge is 0.292 e. The van der Waals surface area contributed by atoms with Crippen LogP contribution in [-0.2, 0) is 6.42 Å². The van der Waals surface area contributed by atoms with Crippen LogP contribution in [0.1, 0.15) is 16.1 Å². The number of hydrogen-bond donors (Lipinski definition) is 0. The topological polar surface area (TPSA) is 42.9 Å². The SMILES string of the molecule is O=C(Cc1cccc(Cl)c1)c1cnccn1. The summed E-state index contributed by atoms with van der Waals surface area (Å²) < 4.78 is 0. The first kappa shape index (κ1) is 10.8. The maximum atomic E-state index is 11.8. The second-order valence-electron chi connectivity index (χ2n) is 3.32. The van der Waals surface area contributed by atoms with Gasteiger partial charge in [0.15, 0.2) is 5.78 Å². The number of nitrogens with zero attached hydrogens (tertiary/aromatic N) is 2. The van der Waals surface area contributed by atoms with Crippen molar-refractivity contribution in [2.45, 2.75) is 6.42 Å². The monoisotopic (exact) mass is 232 g/mol. The van der Waals surface area contributed by atoms with Crippen molar-refractivity contribution in [3.63, 3.8) is 0 Å². The van der Waals surface area contributed by atoms with Gasteiger partial charge in [-0.15, -0.1) is 0 Å². The molecule has 1 aromatic carbocycles. The molecule has 0 aliphatic heterocycles. The Morgan fingerprint density at radius 3 is 2.88 bits per heavy atom. The van der Waals surface area contributed by atoms with Gasteiger partial charge < -0.3 is 0 Å². The van der Waals surface area contributed by atoms with Gasteiger partial charge in [0.25, 0.3) is 0 Å². The van der Waals surface area contributed by atoms with Crippen LogP contribution in [0.3, 0.4) is 0 Å². The lowest BCUT2D eigenvalue weighted by molar-refractivity contribution is 0.0988. The van der Waals surface area contributed by atoms with Crippen molar-refractivity contribution in [2.75, 3.05) is 0 Å². The Kier molecular flexibility index (Phi) is 3.27. The quantitative estimate of drug-likeness (QED) is 0.764. The average molecular weight is 233 g/mol. The number of carbonyl (C=O) groups is 1. The number of ketones is 1. The molecule has 0 saturated carbocycles. The predicted octanol–water partition coefficient (Wildman–Crippen LogP) is 2.56. The average Bonchev–Trinajstić information content (AvgIpc) is 2.30. The summed E-state index contributed by atoms with van der Waals surface area (Å²) in [5.74, 6) is -0.0598. The fourth-order valence-electron chi connectivity index (χ4n) is 1.37. The number of benzene rings is 1. The number of halogens is 1. The summed E-state index contributed by atoms with van der Waals surface area (Å²) in [6.45, 7) is 0. The Morgan fingerprint density at radius 2 is 2.19 bits per heavy atom. The van der Waals surface area contributed by atoms with E-state index in [0.717, 1.165) is 5.56 Å². The first-order valence-electron chi connectivity index (χ1n) is 4.79. The second kappa shape index (κ2) is 4.86. The molecule has 0 unspecified atom stereocenters. The van der Waals surface area contributed by atoms with E-state index >= 15 is 0 Å². The highest BCUT2D eigenvalue weighted by atomic mass is 35.5. The van der Waals surface area contributed by atoms with Gasteiger partial charge in [-0.1, -0.05) is 23.7 Å². The highest BCUT2D eigenvalue weighted by molar-refractivity contribution is 6.30. The Labute approximate surface area is 98.1 Å². The van der Waals surface area contributed by atoms with Crippen molar-refractivity contribution in [1.29, 1.82) is 0 Å². The molecular weight excluding hydrogens is 224 g/mol. The smallest absolute Gasteiger partial charge is 0.187 e. The molecule has 0 saturated heterocycles. The van der Waals surface area contributed by atoms with Crippen molar-refractivity contribution in [3.05, 3.63) is 59.1 Å². The van der Waals surface area contributed by atoms with Crippen molar-refractivity contribution in [2.24, 2.45) is 0 Å². The van der Waals surface area contributed by atoms with Gasteiger partial charge in [-0.3, -0.25) is 9.78 Å². The molecule has 2 rings (SSSR count). The van der Waals surface area contributed by atoms with E-state index in [-0.39, 0.29) is 5.78 Å². The van der Waals surface area contributed by atoms with Crippen LogP contribution in [0.4, 0.5) is 0 Å². The van der Waals surface area contributed by atoms with E-state index in [4.69, 9.17) is 11.6 Å². The lowest BCUT2D eigenvalue weighted by atomic mass is 10.1. The molecule has 0 atom stereocenters. The predicted molar refractivity (Wildman–Crippen MR) is 61.5 cm³/mol. The Hall–Kier alpha value is -1.74. The molecule has 0 radical (unpaired) electrons. The van der Waals surface area contributed by atoms with Crippen LogP contribution in [0.5, 0.6) is 0 Å². The van der Waals surface area contributed by atoms with Crippen molar-refractivity contribution in [1.82, 2.24) is 9.97 Å². The van der Waals surface area contributed by atoms with Gasteiger partial charge in [0, 0.05) is 23.8 Å².